The number of pyridine rings is 1. The standard InChI is InChI=1S/C28H23NO5/c1-4-34-28(31)23-16-26(27(30)18-13-19(32-2)15-20(14-18)33-3)29-24-11-9-17-7-5-6-8-21(17)22(24)10-12-25(23)29/h5-16H,4H2,1-3H3. The lowest BCUT2D eigenvalue weighted by Crippen LogP contribution is -2.06. The monoisotopic (exact) mass is 453 g/mol. The van der Waals surface area contributed by atoms with Crippen molar-refractivity contribution in [2.45, 2.75) is 6.92 Å². The van der Waals surface area contributed by atoms with Gasteiger partial charge < -0.3 is 18.6 Å². The number of carbonyl (C=O) groups is 2. The van der Waals surface area contributed by atoms with Crippen molar-refractivity contribution in [2.24, 2.45) is 0 Å². The summed E-state index contributed by atoms with van der Waals surface area (Å²) in [5.74, 6) is 0.279. The highest BCUT2D eigenvalue weighted by molar-refractivity contribution is 6.14. The third-order valence-electron chi connectivity index (χ3n) is 5.98. The normalized spacial score (nSPS) is 11.1. The summed E-state index contributed by atoms with van der Waals surface area (Å²) in [4.78, 5) is 26.6. The SMILES string of the molecule is CCOC(=O)c1cc(C(=O)c2cc(OC)cc(OC)c2)n2c1ccc1c3ccccc3ccc12. The van der Waals surface area contributed by atoms with Crippen LogP contribution >= 0.6 is 0 Å². The maximum absolute atomic E-state index is 13.8. The van der Waals surface area contributed by atoms with Crippen molar-refractivity contribution in [2.75, 3.05) is 20.8 Å². The van der Waals surface area contributed by atoms with Gasteiger partial charge in [0, 0.05) is 17.0 Å². The fourth-order valence-electron chi connectivity index (χ4n) is 4.39. The van der Waals surface area contributed by atoms with Crippen LogP contribution in [0.4, 0.5) is 0 Å². The van der Waals surface area contributed by atoms with Gasteiger partial charge in [-0.3, -0.25) is 4.79 Å². The molecule has 6 nitrogen and oxygen atoms in total. The van der Waals surface area contributed by atoms with E-state index in [1.165, 1.54) is 14.2 Å². The first-order valence-electron chi connectivity index (χ1n) is 11.0. The van der Waals surface area contributed by atoms with E-state index in [-0.39, 0.29) is 12.4 Å². The van der Waals surface area contributed by atoms with Crippen molar-refractivity contribution in [3.63, 3.8) is 0 Å². The number of methoxy groups -OCH3 is 2. The van der Waals surface area contributed by atoms with Crippen molar-refractivity contribution in [3.05, 3.63) is 89.6 Å². The Kier molecular flexibility index (Phi) is 5.42. The second-order valence-corrected chi connectivity index (χ2v) is 7.87. The third kappa shape index (κ3) is 3.44. The van der Waals surface area contributed by atoms with Crippen LogP contribution < -0.4 is 9.47 Å². The number of benzene rings is 3. The third-order valence-corrected chi connectivity index (χ3v) is 5.98. The molecule has 0 saturated carbocycles. The van der Waals surface area contributed by atoms with Crippen LogP contribution in [0.5, 0.6) is 11.5 Å². The van der Waals surface area contributed by atoms with E-state index in [4.69, 9.17) is 14.2 Å². The molecule has 0 aliphatic carbocycles. The first-order valence-corrected chi connectivity index (χ1v) is 11.0. The molecule has 0 aliphatic heterocycles. The van der Waals surface area contributed by atoms with Crippen LogP contribution in [0.1, 0.15) is 33.3 Å². The van der Waals surface area contributed by atoms with Gasteiger partial charge in [-0.05, 0) is 48.0 Å². The molecule has 0 bridgehead atoms. The smallest absolute Gasteiger partial charge is 0.340 e. The second-order valence-electron chi connectivity index (χ2n) is 7.87. The first-order chi connectivity index (χ1) is 16.5. The number of rotatable bonds is 6. The lowest BCUT2D eigenvalue weighted by molar-refractivity contribution is 0.0529. The molecule has 0 amide bonds. The number of carbonyl (C=O) groups excluding carboxylic acids is 2. The van der Waals surface area contributed by atoms with Crippen LogP contribution in [0.2, 0.25) is 0 Å². The van der Waals surface area contributed by atoms with Gasteiger partial charge in [0.2, 0.25) is 5.78 Å². The zero-order valence-electron chi connectivity index (χ0n) is 19.1. The molecule has 170 valence electrons. The minimum Gasteiger partial charge on any atom is -0.497 e. The largest absolute Gasteiger partial charge is 0.497 e. The Hall–Kier alpha value is -4.32. The van der Waals surface area contributed by atoms with Gasteiger partial charge >= 0.3 is 5.97 Å². The molecule has 3 aromatic carbocycles. The topological polar surface area (TPSA) is 66.2 Å². The number of fused-ring (bicyclic) bond motifs is 5. The molecular formula is C28H23NO5. The van der Waals surface area contributed by atoms with Crippen molar-refractivity contribution in [1.29, 1.82) is 0 Å². The van der Waals surface area contributed by atoms with Gasteiger partial charge in [-0.25, -0.2) is 4.79 Å². The maximum atomic E-state index is 13.8. The fraction of sp³-hybridized carbons (Fsp3) is 0.143. The zero-order valence-corrected chi connectivity index (χ0v) is 19.1. The van der Waals surface area contributed by atoms with Crippen molar-refractivity contribution in [3.8, 4) is 11.5 Å². The quantitative estimate of drug-likeness (QED) is 0.188. The van der Waals surface area contributed by atoms with Gasteiger partial charge in [0.1, 0.15) is 11.5 Å². The Morgan fingerprint density at radius 1 is 0.794 bits per heavy atom. The van der Waals surface area contributed by atoms with Gasteiger partial charge in [0.15, 0.2) is 0 Å². The minimum absolute atomic E-state index is 0.241. The van der Waals surface area contributed by atoms with Gasteiger partial charge in [0.05, 0.1) is 43.1 Å². The van der Waals surface area contributed by atoms with E-state index in [1.807, 2.05) is 52.9 Å². The lowest BCUT2D eigenvalue weighted by Gasteiger charge is -2.11. The molecule has 0 N–H and O–H groups in total. The van der Waals surface area contributed by atoms with Crippen LogP contribution in [0.3, 0.4) is 0 Å². The molecule has 0 radical (unpaired) electrons. The molecule has 6 heteroatoms. The molecule has 0 atom stereocenters. The number of ketones is 1. The van der Waals surface area contributed by atoms with Crippen LogP contribution in [-0.4, -0.2) is 37.0 Å². The summed E-state index contributed by atoms with van der Waals surface area (Å²) in [5, 5.41) is 3.14. The Labute approximate surface area is 196 Å². The molecule has 0 saturated heterocycles. The number of esters is 1. The molecule has 5 aromatic rings. The summed E-state index contributed by atoms with van der Waals surface area (Å²) >= 11 is 0. The summed E-state index contributed by atoms with van der Waals surface area (Å²) < 4.78 is 17.8. The van der Waals surface area contributed by atoms with Crippen molar-refractivity contribution in [1.82, 2.24) is 4.40 Å². The van der Waals surface area contributed by atoms with Gasteiger partial charge in [-0.15, -0.1) is 0 Å². The second kappa shape index (κ2) is 8.56. The number of hydrogen-bond acceptors (Lipinski definition) is 5. The van der Waals surface area contributed by atoms with E-state index in [0.717, 1.165) is 21.7 Å². The number of nitrogens with zero attached hydrogens (tertiary/aromatic N) is 1. The Morgan fingerprint density at radius 3 is 2.21 bits per heavy atom. The van der Waals surface area contributed by atoms with E-state index < -0.39 is 5.97 Å². The number of ether oxygens (including phenoxy) is 3. The molecule has 2 aromatic heterocycles. The molecule has 0 unspecified atom stereocenters. The van der Waals surface area contributed by atoms with Crippen LogP contribution in [0.15, 0.2) is 72.8 Å². The highest BCUT2D eigenvalue weighted by Crippen LogP contribution is 2.32. The molecule has 5 rings (SSSR count). The van der Waals surface area contributed by atoms with Crippen LogP contribution in [0, 0.1) is 0 Å². The van der Waals surface area contributed by atoms with E-state index >= 15 is 0 Å². The fourth-order valence-corrected chi connectivity index (χ4v) is 4.39. The number of hydrogen-bond donors (Lipinski definition) is 0. The molecule has 34 heavy (non-hydrogen) atoms. The average molecular weight is 453 g/mol. The van der Waals surface area contributed by atoms with Gasteiger partial charge in [-0.2, -0.15) is 0 Å². The van der Waals surface area contributed by atoms with Crippen molar-refractivity contribution < 1.29 is 23.8 Å². The molecule has 0 aliphatic rings. The molecule has 0 fully saturated rings. The minimum atomic E-state index is -0.470. The Balaban J connectivity index is 1.83. The van der Waals surface area contributed by atoms with Crippen LogP contribution in [0.25, 0.3) is 27.2 Å². The Morgan fingerprint density at radius 2 is 1.50 bits per heavy atom. The van der Waals surface area contributed by atoms with Gasteiger partial charge in [0.25, 0.3) is 0 Å². The predicted molar refractivity (Wildman–Crippen MR) is 131 cm³/mol. The highest BCUT2D eigenvalue weighted by Gasteiger charge is 2.24. The Bertz CT molecular complexity index is 1560. The summed E-state index contributed by atoms with van der Waals surface area (Å²) in [6.45, 7) is 2.00. The summed E-state index contributed by atoms with van der Waals surface area (Å²) in [6, 6.07) is 22.6. The maximum Gasteiger partial charge on any atom is 0.340 e. The van der Waals surface area contributed by atoms with Crippen LogP contribution in [-0.2, 0) is 4.74 Å². The summed E-state index contributed by atoms with van der Waals surface area (Å²) in [5.41, 5.74) is 2.53. The highest BCUT2D eigenvalue weighted by atomic mass is 16.5. The summed E-state index contributed by atoms with van der Waals surface area (Å²) in [6.07, 6.45) is 0. The van der Waals surface area contributed by atoms with Gasteiger partial charge in [-0.1, -0.05) is 36.4 Å². The number of aromatic nitrogens is 1. The zero-order chi connectivity index (χ0) is 23.8. The lowest BCUT2D eigenvalue weighted by atomic mass is 10.0. The predicted octanol–water partition coefficient (Wildman–Crippen LogP) is 5.67. The van der Waals surface area contributed by atoms with E-state index in [1.54, 1.807) is 31.2 Å². The van der Waals surface area contributed by atoms with E-state index in [0.29, 0.717) is 33.8 Å². The first kappa shape index (κ1) is 21.5. The molecular weight excluding hydrogens is 430 g/mol. The summed E-state index contributed by atoms with van der Waals surface area (Å²) in [7, 11) is 3.07. The van der Waals surface area contributed by atoms with E-state index in [2.05, 4.69) is 0 Å². The molecule has 2 heterocycles. The van der Waals surface area contributed by atoms with Crippen molar-refractivity contribution >= 4 is 38.9 Å². The average Bonchev–Trinajstić information content (AvgIpc) is 3.28. The van der Waals surface area contributed by atoms with E-state index in [9.17, 15) is 9.59 Å². The molecule has 0 spiro atoms.